The molecule has 154 valence electrons. The molecule has 0 aliphatic rings. The smallest absolute Gasteiger partial charge is 0.268 e. The third-order valence-electron chi connectivity index (χ3n) is 4.96. The Morgan fingerprint density at radius 2 is 1.87 bits per heavy atom. The fourth-order valence-corrected chi connectivity index (χ4v) is 3.44. The SMILES string of the molecule is NC(=O)c1cn(CC(O)CCCOc2cc3ccccc3cc2-n2cccc2)cn1. The third-order valence-corrected chi connectivity index (χ3v) is 4.96. The molecular formula is C23H24N4O3. The van der Waals surface area contributed by atoms with E-state index in [1.807, 2.05) is 41.2 Å². The van der Waals surface area contributed by atoms with Crippen LogP contribution in [0.15, 0.2) is 73.4 Å². The van der Waals surface area contributed by atoms with E-state index in [-0.39, 0.29) is 5.69 Å². The van der Waals surface area contributed by atoms with Gasteiger partial charge >= 0.3 is 0 Å². The van der Waals surface area contributed by atoms with Crippen molar-refractivity contribution in [2.45, 2.75) is 25.5 Å². The van der Waals surface area contributed by atoms with Gasteiger partial charge in [-0.05, 0) is 47.9 Å². The highest BCUT2D eigenvalue weighted by molar-refractivity contribution is 5.90. The Kier molecular flexibility index (Phi) is 5.81. The van der Waals surface area contributed by atoms with Crippen LogP contribution in [0.4, 0.5) is 0 Å². The molecule has 0 bridgehead atoms. The van der Waals surface area contributed by atoms with Crippen LogP contribution in [0, 0.1) is 0 Å². The number of rotatable bonds is 9. The van der Waals surface area contributed by atoms with E-state index in [0.717, 1.165) is 22.2 Å². The number of aliphatic hydroxyl groups excluding tert-OH is 1. The molecule has 0 aliphatic heterocycles. The van der Waals surface area contributed by atoms with Gasteiger partial charge in [0.05, 0.1) is 24.7 Å². The van der Waals surface area contributed by atoms with Gasteiger partial charge in [0.1, 0.15) is 11.4 Å². The number of carbonyl (C=O) groups is 1. The third kappa shape index (κ3) is 4.52. The number of nitrogens with zero attached hydrogens (tertiary/aromatic N) is 3. The zero-order chi connectivity index (χ0) is 20.9. The maximum atomic E-state index is 11.1. The Balaban J connectivity index is 1.37. The van der Waals surface area contributed by atoms with Crippen molar-refractivity contribution in [3.63, 3.8) is 0 Å². The van der Waals surface area contributed by atoms with E-state index < -0.39 is 12.0 Å². The number of hydrogen-bond acceptors (Lipinski definition) is 4. The zero-order valence-electron chi connectivity index (χ0n) is 16.5. The van der Waals surface area contributed by atoms with E-state index in [9.17, 15) is 9.90 Å². The molecule has 1 amide bonds. The molecule has 2 heterocycles. The summed E-state index contributed by atoms with van der Waals surface area (Å²) in [6.45, 7) is 0.838. The molecule has 2 aromatic heterocycles. The number of amides is 1. The molecule has 30 heavy (non-hydrogen) atoms. The van der Waals surface area contributed by atoms with Gasteiger partial charge in [0, 0.05) is 25.1 Å². The number of nitrogens with two attached hydrogens (primary N) is 1. The Morgan fingerprint density at radius 1 is 1.13 bits per heavy atom. The van der Waals surface area contributed by atoms with Crippen LogP contribution in [0.2, 0.25) is 0 Å². The number of hydrogen-bond donors (Lipinski definition) is 2. The number of primary amides is 1. The lowest BCUT2D eigenvalue weighted by molar-refractivity contribution is 0.0995. The van der Waals surface area contributed by atoms with Crippen LogP contribution in [-0.4, -0.2) is 37.8 Å². The van der Waals surface area contributed by atoms with Crippen LogP contribution < -0.4 is 10.5 Å². The average molecular weight is 404 g/mol. The molecule has 4 aromatic rings. The molecule has 0 radical (unpaired) electrons. The molecule has 0 saturated carbocycles. The van der Waals surface area contributed by atoms with E-state index >= 15 is 0 Å². The lowest BCUT2D eigenvalue weighted by Gasteiger charge is -2.15. The molecule has 0 aliphatic carbocycles. The Hall–Kier alpha value is -3.58. The number of aromatic nitrogens is 3. The van der Waals surface area contributed by atoms with Crippen LogP contribution in [0.3, 0.4) is 0 Å². The predicted molar refractivity (Wildman–Crippen MR) is 115 cm³/mol. The quantitative estimate of drug-likeness (QED) is 0.419. The number of aliphatic hydroxyl groups is 1. The van der Waals surface area contributed by atoms with Gasteiger partial charge in [-0.3, -0.25) is 4.79 Å². The van der Waals surface area contributed by atoms with Gasteiger partial charge < -0.3 is 24.7 Å². The van der Waals surface area contributed by atoms with Crippen molar-refractivity contribution < 1.29 is 14.6 Å². The standard InChI is InChI=1S/C23H24N4O3/c24-23(29)20-15-26(16-25-20)14-19(28)8-5-11-30-22-13-18-7-2-1-6-17(18)12-21(22)27-9-3-4-10-27/h1-4,6-7,9-10,12-13,15-16,19,28H,5,8,11,14H2,(H2,24,29). The average Bonchev–Trinajstić information content (AvgIpc) is 3.43. The summed E-state index contributed by atoms with van der Waals surface area (Å²) in [4.78, 5) is 15.0. The molecule has 1 atom stereocenters. The molecule has 4 rings (SSSR count). The highest BCUT2D eigenvalue weighted by atomic mass is 16.5. The fraction of sp³-hybridized carbons (Fsp3) is 0.217. The largest absolute Gasteiger partial charge is 0.491 e. The van der Waals surface area contributed by atoms with E-state index in [4.69, 9.17) is 10.5 Å². The summed E-state index contributed by atoms with van der Waals surface area (Å²) < 4.78 is 9.79. The number of ether oxygens (including phenoxy) is 1. The highest BCUT2D eigenvalue weighted by Gasteiger charge is 2.11. The topological polar surface area (TPSA) is 95.3 Å². The summed E-state index contributed by atoms with van der Waals surface area (Å²) in [5.74, 6) is 0.227. The molecule has 7 heteroatoms. The van der Waals surface area contributed by atoms with Crippen molar-refractivity contribution in [3.05, 3.63) is 79.1 Å². The van der Waals surface area contributed by atoms with Crippen LogP contribution in [0.5, 0.6) is 5.75 Å². The zero-order valence-corrected chi connectivity index (χ0v) is 16.5. The van der Waals surface area contributed by atoms with E-state index in [0.29, 0.717) is 26.0 Å². The van der Waals surface area contributed by atoms with E-state index in [1.54, 1.807) is 10.8 Å². The molecule has 0 spiro atoms. The lowest BCUT2D eigenvalue weighted by atomic mass is 10.1. The summed E-state index contributed by atoms with van der Waals surface area (Å²) in [7, 11) is 0. The summed E-state index contributed by atoms with van der Waals surface area (Å²) in [6.07, 6.45) is 7.72. The van der Waals surface area contributed by atoms with Gasteiger partial charge in [-0.2, -0.15) is 0 Å². The normalized spacial score (nSPS) is 12.2. The van der Waals surface area contributed by atoms with Crippen LogP contribution in [-0.2, 0) is 6.54 Å². The fourth-order valence-electron chi connectivity index (χ4n) is 3.44. The van der Waals surface area contributed by atoms with Crippen molar-refractivity contribution in [2.75, 3.05) is 6.61 Å². The minimum absolute atomic E-state index is 0.194. The second-order valence-electron chi connectivity index (χ2n) is 7.22. The van der Waals surface area contributed by atoms with Gasteiger partial charge in [0.2, 0.25) is 0 Å². The van der Waals surface area contributed by atoms with Crippen LogP contribution in [0.25, 0.3) is 16.5 Å². The monoisotopic (exact) mass is 404 g/mol. The lowest BCUT2D eigenvalue weighted by Crippen LogP contribution is -2.16. The predicted octanol–water partition coefficient (Wildman–Crippen LogP) is 3.15. The van der Waals surface area contributed by atoms with Crippen LogP contribution >= 0.6 is 0 Å². The highest BCUT2D eigenvalue weighted by Crippen LogP contribution is 2.29. The first-order chi connectivity index (χ1) is 14.6. The van der Waals surface area contributed by atoms with Crippen molar-refractivity contribution in [3.8, 4) is 11.4 Å². The molecule has 2 aromatic carbocycles. The molecule has 1 unspecified atom stereocenters. The molecular weight excluding hydrogens is 380 g/mol. The maximum Gasteiger partial charge on any atom is 0.268 e. The van der Waals surface area contributed by atoms with Crippen LogP contribution in [0.1, 0.15) is 23.3 Å². The van der Waals surface area contributed by atoms with Gasteiger partial charge in [-0.25, -0.2) is 4.98 Å². The first-order valence-corrected chi connectivity index (χ1v) is 9.89. The summed E-state index contributed by atoms with van der Waals surface area (Å²) in [6, 6.07) is 16.3. The van der Waals surface area contributed by atoms with Crippen molar-refractivity contribution >= 4 is 16.7 Å². The van der Waals surface area contributed by atoms with E-state index in [1.165, 1.54) is 6.33 Å². The number of fused-ring (bicyclic) bond motifs is 1. The molecule has 3 N–H and O–H groups in total. The second-order valence-corrected chi connectivity index (χ2v) is 7.22. The molecule has 0 fully saturated rings. The van der Waals surface area contributed by atoms with Gasteiger partial charge in [-0.15, -0.1) is 0 Å². The Morgan fingerprint density at radius 3 is 2.57 bits per heavy atom. The molecule has 0 saturated heterocycles. The number of carbonyl (C=O) groups excluding carboxylic acids is 1. The second kappa shape index (κ2) is 8.84. The summed E-state index contributed by atoms with van der Waals surface area (Å²) in [5, 5.41) is 12.5. The minimum atomic E-state index is -0.578. The maximum absolute atomic E-state index is 11.1. The Labute approximate surface area is 174 Å². The van der Waals surface area contributed by atoms with Gasteiger partial charge in [-0.1, -0.05) is 24.3 Å². The van der Waals surface area contributed by atoms with Gasteiger partial charge in [0.15, 0.2) is 0 Å². The summed E-state index contributed by atoms with van der Waals surface area (Å²) >= 11 is 0. The molecule has 7 nitrogen and oxygen atoms in total. The number of imidazole rings is 1. The van der Waals surface area contributed by atoms with E-state index in [2.05, 4.69) is 29.2 Å². The Bertz CT molecular complexity index is 1130. The summed E-state index contributed by atoms with van der Waals surface area (Å²) in [5.41, 5.74) is 6.37. The number of benzene rings is 2. The first-order valence-electron chi connectivity index (χ1n) is 9.89. The van der Waals surface area contributed by atoms with Crippen molar-refractivity contribution in [1.29, 1.82) is 0 Å². The van der Waals surface area contributed by atoms with Gasteiger partial charge in [0.25, 0.3) is 5.91 Å². The first kappa shape index (κ1) is 19.7. The minimum Gasteiger partial charge on any atom is -0.491 e. The van der Waals surface area contributed by atoms with Crippen molar-refractivity contribution in [2.24, 2.45) is 5.73 Å². The van der Waals surface area contributed by atoms with Crippen molar-refractivity contribution in [1.82, 2.24) is 14.1 Å².